The second kappa shape index (κ2) is 4.99. The highest BCUT2D eigenvalue weighted by molar-refractivity contribution is 6.18. The van der Waals surface area contributed by atoms with Gasteiger partial charge in [0.05, 0.1) is 11.6 Å². The lowest BCUT2D eigenvalue weighted by Crippen LogP contribution is -2.20. The van der Waals surface area contributed by atoms with Gasteiger partial charge in [0, 0.05) is 5.56 Å². The number of hydrogen-bond acceptors (Lipinski definition) is 4. The van der Waals surface area contributed by atoms with Gasteiger partial charge in [0.25, 0.3) is 0 Å². The molecule has 5 heteroatoms. The van der Waals surface area contributed by atoms with Crippen LogP contribution in [0.3, 0.4) is 0 Å². The van der Waals surface area contributed by atoms with E-state index in [2.05, 4.69) is 4.99 Å². The zero-order valence-corrected chi connectivity index (χ0v) is 9.18. The lowest BCUT2D eigenvalue weighted by Gasteiger charge is -2.21. The summed E-state index contributed by atoms with van der Waals surface area (Å²) in [6.07, 6.45) is 0.160. The zero-order valence-electron chi connectivity index (χ0n) is 8.43. The molecule has 1 heterocycles. The molecule has 1 unspecified atom stereocenters. The van der Waals surface area contributed by atoms with E-state index >= 15 is 0 Å². The molecule has 0 saturated carbocycles. The normalized spacial score (nSPS) is 18.1. The largest absolute Gasteiger partial charge is 0.449 e. The van der Waals surface area contributed by atoms with Crippen LogP contribution in [0.5, 0.6) is 0 Å². The van der Waals surface area contributed by atoms with Gasteiger partial charge in [-0.15, -0.1) is 11.6 Å². The monoisotopic (exact) mass is 239 g/mol. The Balaban J connectivity index is 2.27. The molecule has 0 bridgehead atoms. The molecule has 1 atom stereocenters. The van der Waals surface area contributed by atoms with E-state index in [1.54, 1.807) is 12.1 Å². The van der Waals surface area contributed by atoms with Crippen molar-refractivity contribution in [1.82, 2.24) is 0 Å². The third-order valence-electron chi connectivity index (χ3n) is 2.11. The first kappa shape index (κ1) is 11.0. The minimum atomic E-state index is -0.654. The Morgan fingerprint density at radius 1 is 1.50 bits per heavy atom. The van der Waals surface area contributed by atoms with Crippen molar-refractivity contribution < 1.29 is 14.3 Å². The molecule has 0 saturated heterocycles. The van der Waals surface area contributed by atoms with Gasteiger partial charge in [-0.3, -0.25) is 4.79 Å². The fourth-order valence-corrected chi connectivity index (χ4v) is 1.50. The maximum atomic E-state index is 10.9. The van der Waals surface area contributed by atoms with Crippen molar-refractivity contribution in [3.05, 3.63) is 29.8 Å². The Morgan fingerprint density at radius 2 is 2.31 bits per heavy atom. The van der Waals surface area contributed by atoms with Gasteiger partial charge >= 0.3 is 6.08 Å². The van der Waals surface area contributed by atoms with Gasteiger partial charge in [-0.1, -0.05) is 18.2 Å². The predicted molar refractivity (Wildman–Crippen MR) is 60.1 cm³/mol. The number of benzene rings is 1. The summed E-state index contributed by atoms with van der Waals surface area (Å²) in [7, 11) is 0. The van der Waals surface area contributed by atoms with E-state index in [1.165, 1.54) is 0 Å². The number of carbonyl (C=O) groups excluding carboxylic acids is 1. The molecule has 0 N–H and O–H groups in total. The fraction of sp³-hybridized carbons (Fsp3) is 0.273. The second-order valence-electron chi connectivity index (χ2n) is 3.15. The number of para-hydroxylation sites is 1. The van der Waals surface area contributed by atoms with Crippen LogP contribution < -0.4 is 0 Å². The van der Waals surface area contributed by atoms with Gasteiger partial charge in [0.2, 0.25) is 0 Å². The lowest BCUT2D eigenvalue weighted by molar-refractivity contribution is -0.115. The first-order valence-corrected chi connectivity index (χ1v) is 5.37. The molecule has 0 fully saturated rings. The number of alkyl halides is 1. The van der Waals surface area contributed by atoms with Crippen LogP contribution in [0.1, 0.15) is 11.7 Å². The number of ether oxygens (including phenoxy) is 2. The molecule has 0 spiro atoms. The van der Waals surface area contributed by atoms with Crippen molar-refractivity contribution in [1.29, 1.82) is 0 Å². The van der Waals surface area contributed by atoms with E-state index in [4.69, 9.17) is 21.1 Å². The molecule has 0 radical (unpaired) electrons. The predicted octanol–water partition coefficient (Wildman–Crippen LogP) is 2.20. The lowest BCUT2D eigenvalue weighted by atomic mass is 10.1. The minimum Gasteiger partial charge on any atom is -0.449 e. The van der Waals surface area contributed by atoms with Crippen molar-refractivity contribution in [2.24, 2.45) is 4.99 Å². The number of fused-ring (bicyclic) bond motifs is 1. The smallest absolute Gasteiger partial charge is 0.389 e. The highest BCUT2D eigenvalue weighted by atomic mass is 35.5. The van der Waals surface area contributed by atoms with Crippen LogP contribution in [0.25, 0.3) is 0 Å². The van der Waals surface area contributed by atoms with E-state index in [-0.39, 0.29) is 6.08 Å². The first-order valence-electron chi connectivity index (χ1n) is 4.83. The molecule has 4 nitrogen and oxygen atoms in total. The van der Waals surface area contributed by atoms with Crippen LogP contribution in [-0.2, 0) is 14.3 Å². The molecule has 1 aromatic rings. The number of carbonyl (C=O) groups is 1. The molecule has 84 valence electrons. The van der Waals surface area contributed by atoms with Crippen LogP contribution in [0.15, 0.2) is 29.3 Å². The van der Waals surface area contributed by atoms with E-state index in [1.807, 2.05) is 12.1 Å². The Kier molecular flexibility index (Phi) is 3.41. The van der Waals surface area contributed by atoms with Crippen LogP contribution in [-0.4, -0.2) is 24.9 Å². The number of nitrogens with zero attached hydrogens (tertiary/aromatic N) is 1. The highest BCUT2D eigenvalue weighted by Crippen LogP contribution is 2.31. The number of aldehydes is 1. The molecule has 1 aromatic carbocycles. The summed E-state index contributed by atoms with van der Waals surface area (Å²) in [4.78, 5) is 15.0. The molecule has 0 amide bonds. The third-order valence-corrected chi connectivity index (χ3v) is 2.26. The van der Waals surface area contributed by atoms with Crippen LogP contribution in [0.4, 0.5) is 5.69 Å². The van der Waals surface area contributed by atoms with Crippen LogP contribution >= 0.6 is 11.6 Å². The van der Waals surface area contributed by atoms with Gasteiger partial charge in [0.15, 0.2) is 12.4 Å². The van der Waals surface area contributed by atoms with Crippen molar-refractivity contribution >= 4 is 29.7 Å². The maximum absolute atomic E-state index is 10.9. The SMILES string of the molecule is O=CC1OC(OCCCl)=Nc2ccccc21. The molecule has 0 aromatic heterocycles. The first-order chi connectivity index (χ1) is 7.85. The van der Waals surface area contributed by atoms with E-state index in [0.29, 0.717) is 18.2 Å². The van der Waals surface area contributed by atoms with E-state index < -0.39 is 6.10 Å². The third kappa shape index (κ3) is 2.17. The fourth-order valence-electron chi connectivity index (χ4n) is 1.42. The number of halogens is 1. The second-order valence-corrected chi connectivity index (χ2v) is 3.53. The molecule has 16 heavy (non-hydrogen) atoms. The summed E-state index contributed by atoms with van der Waals surface area (Å²) in [5.74, 6) is 0.343. The average Bonchev–Trinajstić information content (AvgIpc) is 2.35. The summed E-state index contributed by atoms with van der Waals surface area (Å²) in [5, 5.41) is 0. The molecule has 0 aliphatic carbocycles. The summed E-state index contributed by atoms with van der Waals surface area (Å²) in [6.45, 7) is 0.300. The van der Waals surface area contributed by atoms with Gasteiger partial charge in [-0.05, 0) is 6.07 Å². The summed E-state index contributed by atoms with van der Waals surface area (Å²) in [5.41, 5.74) is 1.44. The topological polar surface area (TPSA) is 47.9 Å². The van der Waals surface area contributed by atoms with Gasteiger partial charge in [-0.25, -0.2) is 0 Å². The Labute approximate surface area is 97.8 Å². The van der Waals surface area contributed by atoms with Crippen molar-refractivity contribution in [2.45, 2.75) is 6.10 Å². The van der Waals surface area contributed by atoms with Gasteiger partial charge in [-0.2, -0.15) is 4.99 Å². The standard InChI is InChI=1S/C11H10ClNO3/c12-5-6-15-11-13-9-4-2-1-3-8(9)10(7-14)16-11/h1-4,7,10H,5-6H2. The Bertz CT molecular complexity index is 419. The maximum Gasteiger partial charge on any atom is 0.389 e. The summed E-state index contributed by atoms with van der Waals surface area (Å²) >= 11 is 5.49. The number of rotatable bonds is 3. The molecule has 2 rings (SSSR count). The summed E-state index contributed by atoms with van der Waals surface area (Å²) < 4.78 is 10.4. The quantitative estimate of drug-likeness (QED) is 0.600. The average molecular weight is 240 g/mol. The molecule has 1 aliphatic heterocycles. The van der Waals surface area contributed by atoms with E-state index in [9.17, 15) is 4.79 Å². The van der Waals surface area contributed by atoms with Crippen LogP contribution in [0, 0.1) is 0 Å². The minimum absolute atomic E-state index is 0.0939. The van der Waals surface area contributed by atoms with Gasteiger partial charge in [0.1, 0.15) is 6.61 Å². The Morgan fingerprint density at radius 3 is 3.06 bits per heavy atom. The van der Waals surface area contributed by atoms with Crippen molar-refractivity contribution in [3.63, 3.8) is 0 Å². The molecular weight excluding hydrogens is 230 g/mol. The molecule has 1 aliphatic rings. The summed E-state index contributed by atoms with van der Waals surface area (Å²) in [6, 6.07) is 7.28. The Hall–Kier alpha value is -1.55. The van der Waals surface area contributed by atoms with Crippen molar-refractivity contribution in [2.75, 3.05) is 12.5 Å². The highest BCUT2D eigenvalue weighted by Gasteiger charge is 2.23. The van der Waals surface area contributed by atoms with Crippen LogP contribution in [0.2, 0.25) is 0 Å². The van der Waals surface area contributed by atoms with Crippen molar-refractivity contribution in [3.8, 4) is 0 Å². The van der Waals surface area contributed by atoms with Gasteiger partial charge < -0.3 is 9.47 Å². The van der Waals surface area contributed by atoms with E-state index in [0.717, 1.165) is 11.8 Å². The number of aliphatic imine (C=N–C) groups is 1. The molecular formula is C11H10ClNO3. The zero-order chi connectivity index (χ0) is 11.4. The number of hydrogen-bond donors (Lipinski definition) is 0.